The highest BCUT2D eigenvalue weighted by Crippen LogP contribution is 2.21. The van der Waals surface area contributed by atoms with Crippen molar-refractivity contribution in [1.29, 1.82) is 0 Å². The van der Waals surface area contributed by atoms with E-state index in [9.17, 15) is 4.79 Å². The Kier molecular flexibility index (Phi) is 2.00. The van der Waals surface area contributed by atoms with E-state index < -0.39 is 0 Å². The topological polar surface area (TPSA) is 42.1 Å². The maximum absolute atomic E-state index is 11.5. The summed E-state index contributed by atoms with van der Waals surface area (Å²) in [5.41, 5.74) is 0.987. The summed E-state index contributed by atoms with van der Waals surface area (Å²) >= 11 is 0. The van der Waals surface area contributed by atoms with Crippen LogP contribution in [0.15, 0.2) is 29.2 Å². The summed E-state index contributed by atoms with van der Waals surface area (Å²) in [6, 6.07) is 5.72. The second kappa shape index (κ2) is 3.18. The lowest BCUT2D eigenvalue weighted by Gasteiger charge is -2.04. The highest BCUT2D eigenvalue weighted by molar-refractivity contribution is 5.87. The number of hydrogen-bond donors (Lipinski definition) is 1. The Morgan fingerprint density at radius 3 is 2.79 bits per heavy atom. The van der Waals surface area contributed by atoms with Gasteiger partial charge in [-0.25, -0.2) is 0 Å². The first-order valence-corrected chi connectivity index (χ1v) is 4.38. The fourth-order valence-electron chi connectivity index (χ4n) is 1.52. The van der Waals surface area contributed by atoms with Gasteiger partial charge in [-0.1, -0.05) is 17.7 Å². The average molecular weight is 189 g/mol. The Bertz CT molecular complexity index is 528. The van der Waals surface area contributed by atoms with Crippen LogP contribution in [0.4, 0.5) is 0 Å². The van der Waals surface area contributed by atoms with Gasteiger partial charge in [0, 0.05) is 11.6 Å². The summed E-state index contributed by atoms with van der Waals surface area (Å²) in [6.45, 7) is 1.96. The molecule has 0 bridgehead atoms. The quantitative estimate of drug-likeness (QED) is 0.743. The van der Waals surface area contributed by atoms with Gasteiger partial charge in [0.1, 0.15) is 5.75 Å². The third-order valence-corrected chi connectivity index (χ3v) is 2.24. The van der Waals surface area contributed by atoms with Crippen molar-refractivity contribution in [3.05, 3.63) is 40.3 Å². The van der Waals surface area contributed by atoms with Gasteiger partial charge in [-0.3, -0.25) is 4.79 Å². The highest BCUT2D eigenvalue weighted by atomic mass is 16.5. The predicted octanol–water partition coefficient (Wildman–Crippen LogP) is 1.85. The molecule has 0 amide bonds. The summed E-state index contributed by atoms with van der Waals surface area (Å²) in [4.78, 5) is 14.1. The van der Waals surface area contributed by atoms with Gasteiger partial charge in [0.2, 0.25) is 0 Å². The molecule has 2 rings (SSSR count). The minimum atomic E-state index is -0.0792. The highest BCUT2D eigenvalue weighted by Gasteiger charge is 2.03. The lowest BCUT2D eigenvalue weighted by atomic mass is 10.1. The number of ether oxygens (including phenoxy) is 1. The summed E-state index contributed by atoms with van der Waals surface area (Å²) in [5, 5.41) is 1.52. The molecule has 0 fully saturated rings. The van der Waals surface area contributed by atoms with Gasteiger partial charge in [-0.05, 0) is 13.0 Å². The lowest BCUT2D eigenvalue weighted by molar-refractivity contribution is 0.418. The van der Waals surface area contributed by atoms with Crippen molar-refractivity contribution < 1.29 is 4.74 Å². The van der Waals surface area contributed by atoms with E-state index in [-0.39, 0.29) is 5.56 Å². The van der Waals surface area contributed by atoms with E-state index in [1.54, 1.807) is 13.3 Å². The number of aromatic amines is 1. The SMILES string of the molecule is COc1c[nH]c(=O)c2cc(C)ccc12. The third-order valence-electron chi connectivity index (χ3n) is 2.24. The summed E-state index contributed by atoms with van der Waals surface area (Å²) in [5.74, 6) is 0.694. The normalized spacial score (nSPS) is 10.4. The number of fused-ring (bicyclic) bond motifs is 1. The molecule has 1 aromatic carbocycles. The molecule has 14 heavy (non-hydrogen) atoms. The average Bonchev–Trinajstić information content (AvgIpc) is 2.19. The molecule has 0 aliphatic rings. The van der Waals surface area contributed by atoms with Crippen LogP contribution in [0.1, 0.15) is 5.56 Å². The Morgan fingerprint density at radius 1 is 1.29 bits per heavy atom. The van der Waals surface area contributed by atoms with Gasteiger partial charge >= 0.3 is 0 Å². The molecule has 0 spiro atoms. The molecule has 1 N–H and O–H groups in total. The standard InChI is InChI=1S/C11H11NO2/c1-7-3-4-8-9(5-7)11(13)12-6-10(8)14-2/h3-6H,1-2H3,(H,12,13). The zero-order valence-corrected chi connectivity index (χ0v) is 8.13. The van der Waals surface area contributed by atoms with Crippen LogP contribution in [0.25, 0.3) is 10.8 Å². The molecule has 0 aliphatic carbocycles. The Hall–Kier alpha value is -1.77. The first kappa shape index (κ1) is 8.81. The summed E-state index contributed by atoms with van der Waals surface area (Å²) in [7, 11) is 1.59. The number of methoxy groups -OCH3 is 1. The zero-order chi connectivity index (χ0) is 10.1. The van der Waals surface area contributed by atoms with Gasteiger partial charge in [0.25, 0.3) is 5.56 Å². The fourth-order valence-corrected chi connectivity index (χ4v) is 1.52. The minimum Gasteiger partial charge on any atom is -0.495 e. The molecule has 0 radical (unpaired) electrons. The van der Waals surface area contributed by atoms with Crippen molar-refractivity contribution >= 4 is 10.8 Å². The number of benzene rings is 1. The molecule has 3 nitrogen and oxygen atoms in total. The van der Waals surface area contributed by atoms with Crippen molar-refractivity contribution in [3.8, 4) is 5.75 Å². The molecular weight excluding hydrogens is 178 g/mol. The minimum absolute atomic E-state index is 0.0792. The molecular formula is C11H11NO2. The van der Waals surface area contributed by atoms with Crippen molar-refractivity contribution in [1.82, 2.24) is 4.98 Å². The second-order valence-corrected chi connectivity index (χ2v) is 3.24. The first-order valence-electron chi connectivity index (χ1n) is 4.38. The predicted molar refractivity (Wildman–Crippen MR) is 55.9 cm³/mol. The summed E-state index contributed by atoms with van der Waals surface area (Å²) < 4.78 is 5.15. The molecule has 3 heteroatoms. The van der Waals surface area contributed by atoms with Crippen LogP contribution < -0.4 is 10.3 Å². The number of rotatable bonds is 1. The van der Waals surface area contributed by atoms with Gasteiger partial charge < -0.3 is 9.72 Å². The maximum Gasteiger partial charge on any atom is 0.256 e. The monoisotopic (exact) mass is 189 g/mol. The third kappa shape index (κ3) is 1.27. The molecule has 0 aliphatic heterocycles. The Morgan fingerprint density at radius 2 is 2.07 bits per heavy atom. The molecule has 0 saturated heterocycles. The Balaban J connectivity index is 2.91. The van der Waals surface area contributed by atoms with Crippen LogP contribution in [0.5, 0.6) is 5.75 Å². The van der Waals surface area contributed by atoms with Crippen LogP contribution in [-0.4, -0.2) is 12.1 Å². The largest absolute Gasteiger partial charge is 0.495 e. The molecule has 0 unspecified atom stereocenters. The molecule has 1 aromatic heterocycles. The van der Waals surface area contributed by atoms with Crippen molar-refractivity contribution in [2.45, 2.75) is 6.92 Å². The van der Waals surface area contributed by atoms with Crippen LogP contribution in [0, 0.1) is 6.92 Å². The molecule has 0 saturated carbocycles. The van der Waals surface area contributed by atoms with Crippen molar-refractivity contribution in [2.75, 3.05) is 7.11 Å². The van der Waals surface area contributed by atoms with E-state index in [1.165, 1.54) is 0 Å². The van der Waals surface area contributed by atoms with E-state index in [1.807, 2.05) is 25.1 Å². The second-order valence-electron chi connectivity index (χ2n) is 3.24. The van der Waals surface area contributed by atoms with E-state index in [0.717, 1.165) is 10.9 Å². The van der Waals surface area contributed by atoms with Gasteiger partial charge in [0.15, 0.2) is 0 Å². The number of H-pyrrole nitrogens is 1. The van der Waals surface area contributed by atoms with Gasteiger partial charge in [-0.2, -0.15) is 0 Å². The van der Waals surface area contributed by atoms with E-state index in [0.29, 0.717) is 11.1 Å². The van der Waals surface area contributed by atoms with Crippen LogP contribution in [-0.2, 0) is 0 Å². The van der Waals surface area contributed by atoms with E-state index in [2.05, 4.69) is 4.98 Å². The molecule has 1 heterocycles. The summed E-state index contributed by atoms with van der Waals surface area (Å²) in [6.07, 6.45) is 1.58. The van der Waals surface area contributed by atoms with Crippen molar-refractivity contribution in [2.24, 2.45) is 0 Å². The fraction of sp³-hybridized carbons (Fsp3) is 0.182. The molecule has 2 aromatic rings. The maximum atomic E-state index is 11.5. The van der Waals surface area contributed by atoms with Crippen LogP contribution in [0.3, 0.4) is 0 Å². The first-order chi connectivity index (χ1) is 6.72. The molecule has 0 atom stereocenters. The molecule has 72 valence electrons. The van der Waals surface area contributed by atoms with Gasteiger partial charge in [0.05, 0.1) is 12.5 Å². The van der Waals surface area contributed by atoms with Crippen molar-refractivity contribution in [3.63, 3.8) is 0 Å². The number of pyridine rings is 1. The zero-order valence-electron chi connectivity index (χ0n) is 8.13. The smallest absolute Gasteiger partial charge is 0.256 e. The van der Waals surface area contributed by atoms with Gasteiger partial charge in [-0.15, -0.1) is 0 Å². The van der Waals surface area contributed by atoms with E-state index in [4.69, 9.17) is 4.74 Å². The number of hydrogen-bond acceptors (Lipinski definition) is 2. The number of nitrogens with one attached hydrogen (secondary N) is 1. The lowest BCUT2D eigenvalue weighted by Crippen LogP contribution is -2.06. The van der Waals surface area contributed by atoms with Crippen LogP contribution >= 0.6 is 0 Å². The van der Waals surface area contributed by atoms with Crippen LogP contribution in [0.2, 0.25) is 0 Å². The number of aryl methyl sites for hydroxylation is 1. The number of aromatic nitrogens is 1. The van der Waals surface area contributed by atoms with E-state index >= 15 is 0 Å². The Labute approximate surface area is 81.3 Å².